The van der Waals surface area contributed by atoms with Gasteiger partial charge in [-0.1, -0.05) is 43.2 Å². The van der Waals surface area contributed by atoms with Crippen molar-refractivity contribution in [2.24, 2.45) is 0 Å². The van der Waals surface area contributed by atoms with Crippen molar-refractivity contribution in [1.82, 2.24) is 0 Å². The predicted octanol–water partition coefficient (Wildman–Crippen LogP) is 5.09. The van der Waals surface area contributed by atoms with Crippen LogP contribution in [0.1, 0.15) is 42.5 Å². The Bertz CT molecular complexity index is 1030. The van der Waals surface area contributed by atoms with Crippen LogP contribution in [0.3, 0.4) is 0 Å². The summed E-state index contributed by atoms with van der Waals surface area (Å²) >= 11 is 0. The molecule has 0 unspecified atom stereocenters. The molecule has 0 N–H and O–H groups in total. The minimum Gasteiger partial charge on any atom is -0.468 e. The van der Waals surface area contributed by atoms with E-state index in [4.69, 9.17) is 9.47 Å². The number of carbonyl (C=O) groups excluding carboxylic acids is 3. The summed E-state index contributed by atoms with van der Waals surface area (Å²) in [6.07, 6.45) is 3.53. The van der Waals surface area contributed by atoms with E-state index in [2.05, 4.69) is 4.74 Å². The van der Waals surface area contributed by atoms with Gasteiger partial charge in [0.1, 0.15) is 11.5 Å². The molecule has 0 amide bonds. The van der Waals surface area contributed by atoms with Crippen molar-refractivity contribution in [2.45, 2.75) is 32.1 Å². The van der Waals surface area contributed by atoms with E-state index in [0.29, 0.717) is 43.0 Å². The molecule has 0 aliphatic heterocycles. The maximum absolute atomic E-state index is 12.4. The Morgan fingerprint density at radius 3 is 2.23 bits per heavy atom. The van der Waals surface area contributed by atoms with E-state index in [1.54, 1.807) is 30.3 Å². The summed E-state index contributed by atoms with van der Waals surface area (Å²) in [7, 11) is 0. The van der Waals surface area contributed by atoms with Crippen molar-refractivity contribution >= 4 is 29.2 Å². The van der Waals surface area contributed by atoms with Gasteiger partial charge in [0.05, 0.1) is 12.2 Å². The first kappa shape index (κ1) is 22.0. The summed E-state index contributed by atoms with van der Waals surface area (Å²) < 4.78 is 15.4. The largest absolute Gasteiger partial charge is 0.468 e. The van der Waals surface area contributed by atoms with Gasteiger partial charge in [0.15, 0.2) is 0 Å². The van der Waals surface area contributed by atoms with Crippen molar-refractivity contribution in [2.75, 3.05) is 6.61 Å². The highest BCUT2D eigenvalue weighted by Gasteiger charge is 2.11. The summed E-state index contributed by atoms with van der Waals surface area (Å²) in [6, 6.07) is 19.6. The second kappa shape index (κ2) is 11.5. The zero-order chi connectivity index (χ0) is 21.9. The summed E-state index contributed by atoms with van der Waals surface area (Å²) in [5.41, 5.74) is 0.366. The van der Waals surface area contributed by atoms with Crippen LogP contribution in [0.25, 0.3) is 10.8 Å². The first-order valence-corrected chi connectivity index (χ1v) is 10.2. The Kier molecular flexibility index (Phi) is 8.17. The van der Waals surface area contributed by atoms with Crippen LogP contribution in [-0.4, -0.2) is 25.0 Å². The molecular weight excluding hydrogens is 396 g/mol. The lowest BCUT2D eigenvalue weighted by Crippen LogP contribution is -2.10. The molecule has 0 radical (unpaired) electrons. The fourth-order valence-corrected chi connectivity index (χ4v) is 3.09. The molecule has 3 aromatic carbocycles. The molecule has 0 fully saturated rings. The molecule has 6 heteroatoms. The van der Waals surface area contributed by atoms with E-state index < -0.39 is 5.97 Å². The smallest absolute Gasteiger partial charge is 0.343 e. The third kappa shape index (κ3) is 6.96. The van der Waals surface area contributed by atoms with Gasteiger partial charge < -0.3 is 14.2 Å². The average Bonchev–Trinajstić information content (AvgIpc) is 2.79. The van der Waals surface area contributed by atoms with Gasteiger partial charge in [-0.15, -0.1) is 0 Å². The number of hydrogen-bond acceptors (Lipinski definition) is 6. The average molecular weight is 420 g/mol. The van der Waals surface area contributed by atoms with Gasteiger partial charge in [0.25, 0.3) is 6.47 Å². The van der Waals surface area contributed by atoms with E-state index >= 15 is 0 Å². The third-order valence-electron chi connectivity index (χ3n) is 4.71. The quantitative estimate of drug-likeness (QED) is 0.186. The molecule has 31 heavy (non-hydrogen) atoms. The number of ether oxygens (including phenoxy) is 3. The van der Waals surface area contributed by atoms with Gasteiger partial charge in [0.2, 0.25) is 0 Å². The summed E-state index contributed by atoms with van der Waals surface area (Å²) in [5, 5.41) is 2.06. The van der Waals surface area contributed by atoms with Crippen molar-refractivity contribution in [3.05, 3.63) is 72.3 Å². The zero-order valence-electron chi connectivity index (χ0n) is 17.1. The molecule has 0 atom stereocenters. The number of carbonyl (C=O) groups is 3. The molecule has 160 valence electrons. The van der Waals surface area contributed by atoms with Crippen LogP contribution in [0.15, 0.2) is 66.7 Å². The molecule has 0 spiro atoms. The molecule has 0 bridgehead atoms. The number of esters is 2. The van der Waals surface area contributed by atoms with E-state index in [1.807, 2.05) is 36.4 Å². The summed E-state index contributed by atoms with van der Waals surface area (Å²) in [4.78, 5) is 34.4. The van der Waals surface area contributed by atoms with E-state index in [9.17, 15) is 14.4 Å². The number of fused-ring (bicyclic) bond motifs is 1. The van der Waals surface area contributed by atoms with Crippen LogP contribution in [0.5, 0.6) is 11.5 Å². The second-order valence-corrected chi connectivity index (χ2v) is 7.03. The molecule has 0 aliphatic carbocycles. The Balaban J connectivity index is 1.45. The van der Waals surface area contributed by atoms with E-state index in [0.717, 1.165) is 30.0 Å². The van der Waals surface area contributed by atoms with Gasteiger partial charge in [-0.2, -0.15) is 0 Å². The van der Waals surface area contributed by atoms with Crippen molar-refractivity contribution < 1.29 is 28.6 Å². The maximum atomic E-state index is 12.4. The van der Waals surface area contributed by atoms with E-state index in [-0.39, 0.29) is 5.97 Å². The monoisotopic (exact) mass is 420 g/mol. The fraction of sp³-hybridized carbons (Fsp3) is 0.240. The van der Waals surface area contributed by atoms with Gasteiger partial charge in [0, 0.05) is 6.42 Å². The van der Waals surface area contributed by atoms with Crippen molar-refractivity contribution in [1.29, 1.82) is 0 Å². The fourth-order valence-electron chi connectivity index (χ4n) is 3.09. The SMILES string of the molecule is O=COCCCCCCC(=O)Oc1ccc(C(=O)Oc2ccc3ccccc3c2)cc1. The number of unbranched alkanes of at least 4 members (excludes halogenated alkanes) is 3. The lowest BCUT2D eigenvalue weighted by atomic mass is 10.1. The van der Waals surface area contributed by atoms with Gasteiger partial charge in [-0.05, 0) is 60.0 Å². The van der Waals surface area contributed by atoms with Crippen LogP contribution in [0, 0.1) is 0 Å². The molecule has 0 aliphatic rings. The van der Waals surface area contributed by atoms with Crippen LogP contribution in [0.4, 0.5) is 0 Å². The summed E-state index contributed by atoms with van der Waals surface area (Å²) in [5.74, 6) is 0.0471. The standard InChI is InChI=1S/C25H24O6/c26-18-29-16-6-2-1-3-9-24(27)30-22-13-11-20(12-14-22)25(28)31-23-15-10-19-7-4-5-8-21(19)17-23/h4-5,7-8,10-15,17-18H,1-3,6,9,16H2. The molecule has 3 rings (SSSR count). The first-order chi connectivity index (χ1) is 15.2. The zero-order valence-corrected chi connectivity index (χ0v) is 17.1. The Labute approximate surface area is 180 Å². The van der Waals surface area contributed by atoms with Gasteiger partial charge in [-0.3, -0.25) is 9.59 Å². The minimum absolute atomic E-state index is 0.306. The van der Waals surface area contributed by atoms with Crippen LogP contribution in [0.2, 0.25) is 0 Å². The van der Waals surface area contributed by atoms with Crippen molar-refractivity contribution in [3.8, 4) is 11.5 Å². The normalized spacial score (nSPS) is 10.5. The molecular formula is C25H24O6. The van der Waals surface area contributed by atoms with Gasteiger partial charge in [-0.25, -0.2) is 4.79 Å². The van der Waals surface area contributed by atoms with Crippen molar-refractivity contribution in [3.63, 3.8) is 0 Å². The molecule has 0 saturated heterocycles. The number of hydrogen-bond donors (Lipinski definition) is 0. The first-order valence-electron chi connectivity index (χ1n) is 10.2. The second-order valence-electron chi connectivity index (χ2n) is 7.03. The highest BCUT2D eigenvalue weighted by Crippen LogP contribution is 2.22. The van der Waals surface area contributed by atoms with Crippen LogP contribution in [-0.2, 0) is 14.3 Å². The molecule has 0 heterocycles. The summed E-state index contributed by atoms with van der Waals surface area (Å²) in [6.45, 7) is 0.843. The highest BCUT2D eigenvalue weighted by atomic mass is 16.5. The molecule has 0 saturated carbocycles. The predicted molar refractivity (Wildman–Crippen MR) is 116 cm³/mol. The number of benzene rings is 3. The number of rotatable bonds is 11. The third-order valence-corrected chi connectivity index (χ3v) is 4.71. The molecule has 6 nitrogen and oxygen atoms in total. The topological polar surface area (TPSA) is 78.9 Å². The Morgan fingerprint density at radius 2 is 1.45 bits per heavy atom. The Hall–Kier alpha value is -3.67. The lowest BCUT2D eigenvalue weighted by Gasteiger charge is -2.07. The van der Waals surface area contributed by atoms with Crippen LogP contribution < -0.4 is 9.47 Å². The van der Waals surface area contributed by atoms with Gasteiger partial charge >= 0.3 is 11.9 Å². The highest BCUT2D eigenvalue weighted by molar-refractivity contribution is 5.92. The van der Waals surface area contributed by atoms with Crippen LogP contribution >= 0.6 is 0 Å². The maximum Gasteiger partial charge on any atom is 0.343 e. The molecule has 0 aromatic heterocycles. The lowest BCUT2D eigenvalue weighted by molar-refractivity contribution is -0.134. The van der Waals surface area contributed by atoms with E-state index in [1.165, 1.54) is 0 Å². The minimum atomic E-state index is -0.480. The molecule has 3 aromatic rings. The Morgan fingerprint density at radius 1 is 0.742 bits per heavy atom.